The first-order valence-electron chi connectivity index (χ1n) is 4.59. The topological polar surface area (TPSA) is 109 Å². The van der Waals surface area contributed by atoms with Crippen molar-refractivity contribution in [3.8, 4) is 0 Å². The van der Waals surface area contributed by atoms with Gasteiger partial charge in [0.05, 0.1) is 4.90 Å². The van der Waals surface area contributed by atoms with E-state index in [-0.39, 0.29) is 10.8 Å². The van der Waals surface area contributed by atoms with Crippen LogP contribution < -0.4 is 0 Å². The molecule has 6 nitrogen and oxygen atoms in total. The molecular weight excluding hydrogens is 280 g/mol. The fraction of sp³-hybridized carbons (Fsp3) is 0. The molecular formula is C10H7O6S2. The zero-order valence-electron chi connectivity index (χ0n) is 8.73. The van der Waals surface area contributed by atoms with Crippen LogP contribution in [0.4, 0.5) is 0 Å². The van der Waals surface area contributed by atoms with Gasteiger partial charge in [0.1, 0.15) is 4.90 Å². The van der Waals surface area contributed by atoms with Gasteiger partial charge in [0, 0.05) is 5.39 Å². The van der Waals surface area contributed by atoms with Crippen LogP contribution in [0, 0.1) is 6.07 Å². The van der Waals surface area contributed by atoms with E-state index < -0.39 is 30.0 Å². The summed E-state index contributed by atoms with van der Waals surface area (Å²) in [6.45, 7) is 0. The molecule has 0 saturated heterocycles. The molecule has 2 N–H and O–H groups in total. The standard InChI is InChI=1S/C10H7O6S2/c11-17(12,13)8-5-7-3-1-2-4-9(7)10(6-8)18(14,15)16/h1-2,4-6H,(H,11,12,13)(H,14,15,16). The summed E-state index contributed by atoms with van der Waals surface area (Å²) in [5.41, 5.74) is 0. The molecule has 18 heavy (non-hydrogen) atoms. The van der Waals surface area contributed by atoms with Crippen molar-refractivity contribution in [2.24, 2.45) is 0 Å². The number of fused-ring (bicyclic) bond motifs is 1. The molecule has 0 unspecified atom stereocenters. The van der Waals surface area contributed by atoms with Crippen LogP contribution in [0.15, 0.2) is 40.1 Å². The molecule has 0 heterocycles. The Morgan fingerprint density at radius 2 is 1.67 bits per heavy atom. The largest absolute Gasteiger partial charge is 0.295 e. The normalized spacial score (nSPS) is 12.8. The highest BCUT2D eigenvalue weighted by Crippen LogP contribution is 2.26. The van der Waals surface area contributed by atoms with Crippen molar-refractivity contribution in [1.82, 2.24) is 0 Å². The fourth-order valence-electron chi connectivity index (χ4n) is 1.54. The maximum atomic E-state index is 11.2. The molecule has 0 bridgehead atoms. The van der Waals surface area contributed by atoms with E-state index in [0.29, 0.717) is 6.07 Å². The molecule has 0 saturated carbocycles. The van der Waals surface area contributed by atoms with Gasteiger partial charge in [-0.15, -0.1) is 0 Å². The van der Waals surface area contributed by atoms with Crippen LogP contribution in [-0.4, -0.2) is 25.9 Å². The molecule has 0 aromatic heterocycles. The molecule has 95 valence electrons. The summed E-state index contributed by atoms with van der Waals surface area (Å²) in [6, 6.07) is 8.72. The molecule has 0 atom stereocenters. The molecule has 0 aliphatic heterocycles. The van der Waals surface area contributed by atoms with E-state index in [1.165, 1.54) is 18.2 Å². The highest BCUT2D eigenvalue weighted by Gasteiger charge is 2.19. The monoisotopic (exact) mass is 287 g/mol. The van der Waals surface area contributed by atoms with E-state index in [4.69, 9.17) is 9.11 Å². The molecule has 1 radical (unpaired) electrons. The molecule has 2 aromatic carbocycles. The zero-order chi connectivity index (χ0) is 13.6. The Morgan fingerprint density at radius 1 is 1.00 bits per heavy atom. The minimum absolute atomic E-state index is 0.118. The first kappa shape index (κ1) is 13.0. The highest BCUT2D eigenvalue weighted by atomic mass is 32.2. The minimum atomic E-state index is -4.61. The minimum Gasteiger partial charge on any atom is -0.282 e. The van der Waals surface area contributed by atoms with Crippen molar-refractivity contribution in [2.75, 3.05) is 0 Å². The van der Waals surface area contributed by atoms with Gasteiger partial charge in [-0.05, 0) is 23.6 Å². The fourth-order valence-corrected chi connectivity index (χ4v) is 2.88. The van der Waals surface area contributed by atoms with E-state index in [9.17, 15) is 16.8 Å². The molecule has 0 spiro atoms. The lowest BCUT2D eigenvalue weighted by Gasteiger charge is -2.06. The first-order chi connectivity index (χ1) is 8.19. The molecule has 0 fully saturated rings. The smallest absolute Gasteiger partial charge is 0.282 e. The first-order valence-corrected chi connectivity index (χ1v) is 7.47. The summed E-state index contributed by atoms with van der Waals surface area (Å²) in [6.07, 6.45) is 0. The van der Waals surface area contributed by atoms with Crippen LogP contribution in [-0.2, 0) is 20.2 Å². The van der Waals surface area contributed by atoms with Gasteiger partial charge < -0.3 is 0 Å². The third-order valence-corrected chi connectivity index (χ3v) is 4.01. The molecule has 8 heteroatoms. The van der Waals surface area contributed by atoms with Crippen LogP contribution in [0.2, 0.25) is 0 Å². The van der Waals surface area contributed by atoms with E-state index in [0.717, 1.165) is 6.07 Å². The lowest BCUT2D eigenvalue weighted by molar-refractivity contribution is 0.482. The van der Waals surface area contributed by atoms with E-state index in [1.54, 1.807) is 0 Å². The Hall–Kier alpha value is -1.48. The van der Waals surface area contributed by atoms with Gasteiger partial charge in [0.2, 0.25) is 0 Å². The van der Waals surface area contributed by atoms with Crippen molar-refractivity contribution >= 4 is 31.0 Å². The van der Waals surface area contributed by atoms with Gasteiger partial charge in [-0.3, -0.25) is 9.11 Å². The summed E-state index contributed by atoms with van der Waals surface area (Å²) in [5, 5.41) is 0.271. The number of hydrogen-bond donors (Lipinski definition) is 2. The second kappa shape index (κ2) is 4.02. The third kappa shape index (κ3) is 2.36. The summed E-state index contributed by atoms with van der Waals surface area (Å²) in [5.74, 6) is 0. The lowest BCUT2D eigenvalue weighted by Crippen LogP contribution is -2.04. The van der Waals surface area contributed by atoms with Gasteiger partial charge >= 0.3 is 0 Å². The van der Waals surface area contributed by atoms with Gasteiger partial charge in [-0.1, -0.05) is 18.2 Å². The van der Waals surface area contributed by atoms with Gasteiger partial charge in [0.25, 0.3) is 20.2 Å². The van der Waals surface area contributed by atoms with Gasteiger partial charge in [0.15, 0.2) is 0 Å². The highest BCUT2D eigenvalue weighted by molar-refractivity contribution is 7.86. The van der Waals surface area contributed by atoms with Crippen LogP contribution >= 0.6 is 0 Å². The Bertz CT molecular complexity index is 821. The van der Waals surface area contributed by atoms with E-state index in [1.807, 2.05) is 0 Å². The van der Waals surface area contributed by atoms with Crippen molar-refractivity contribution in [1.29, 1.82) is 0 Å². The summed E-state index contributed by atoms with van der Waals surface area (Å²) in [4.78, 5) is -1.21. The second-order valence-corrected chi connectivity index (χ2v) is 6.31. The SMILES string of the molecule is O=S(=O)(O)c1cc(S(=O)(=O)O)c2ccc[c]c2c1. The summed E-state index contributed by atoms with van der Waals surface area (Å²) >= 11 is 0. The summed E-state index contributed by atoms with van der Waals surface area (Å²) in [7, 11) is -9.18. The molecule has 0 aliphatic rings. The lowest BCUT2D eigenvalue weighted by atomic mass is 10.1. The molecule has 0 aliphatic carbocycles. The van der Waals surface area contributed by atoms with E-state index in [2.05, 4.69) is 6.07 Å². The van der Waals surface area contributed by atoms with Gasteiger partial charge in [-0.25, -0.2) is 0 Å². The Balaban J connectivity index is 3.00. The van der Waals surface area contributed by atoms with Crippen molar-refractivity contribution in [2.45, 2.75) is 9.79 Å². The average Bonchev–Trinajstić information content (AvgIpc) is 2.25. The second-order valence-electron chi connectivity index (χ2n) is 3.50. The number of rotatable bonds is 2. The maximum absolute atomic E-state index is 11.2. The quantitative estimate of drug-likeness (QED) is 0.801. The van der Waals surface area contributed by atoms with Crippen LogP contribution in [0.5, 0.6) is 0 Å². The van der Waals surface area contributed by atoms with Crippen LogP contribution in [0.25, 0.3) is 10.8 Å². The van der Waals surface area contributed by atoms with Crippen molar-refractivity contribution < 1.29 is 25.9 Å². The molecule has 2 rings (SSSR count). The average molecular weight is 287 g/mol. The Kier molecular flexibility index (Phi) is 2.90. The Labute approximate surface area is 103 Å². The molecule has 0 amide bonds. The third-order valence-electron chi connectivity index (χ3n) is 2.29. The predicted molar refractivity (Wildman–Crippen MR) is 62.4 cm³/mol. The Morgan fingerprint density at radius 3 is 2.22 bits per heavy atom. The molecule has 2 aromatic rings. The maximum Gasteiger partial charge on any atom is 0.295 e. The van der Waals surface area contributed by atoms with Crippen molar-refractivity contribution in [3.63, 3.8) is 0 Å². The number of hydrogen-bond acceptors (Lipinski definition) is 4. The van der Waals surface area contributed by atoms with Crippen LogP contribution in [0.3, 0.4) is 0 Å². The number of benzene rings is 2. The van der Waals surface area contributed by atoms with Gasteiger partial charge in [-0.2, -0.15) is 16.8 Å². The zero-order valence-corrected chi connectivity index (χ0v) is 10.4. The summed E-state index contributed by atoms with van der Waals surface area (Å²) < 4.78 is 62.4. The van der Waals surface area contributed by atoms with E-state index >= 15 is 0 Å². The van der Waals surface area contributed by atoms with Crippen LogP contribution in [0.1, 0.15) is 0 Å². The van der Waals surface area contributed by atoms with Crippen molar-refractivity contribution in [3.05, 3.63) is 36.4 Å². The predicted octanol–water partition coefficient (Wildman–Crippen LogP) is 1.13.